The fourth-order valence-corrected chi connectivity index (χ4v) is 3.87. The van der Waals surface area contributed by atoms with Crippen LogP contribution in [0.2, 0.25) is 4.34 Å². The second kappa shape index (κ2) is 4.83. The van der Waals surface area contributed by atoms with E-state index in [9.17, 15) is 4.39 Å². The summed E-state index contributed by atoms with van der Waals surface area (Å²) in [6.45, 7) is 0. The number of anilines is 1. The molecule has 18 heavy (non-hydrogen) atoms. The van der Waals surface area contributed by atoms with Gasteiger partial charge in [0.25, 0.3) is 0 Å². The number of hydrogen-bond acceptors (Lipinski definition) is 2. The summed E-state index contributed by atoms with van der Waals surface area (Å²) in [7, 11) is 0. The van der Waals surface area contributed by atoms with Gasteiger partial charge < -0.3 is 5.32 Å². The van der Waals surface area contributed by atoms with E-state index in [-0.39, 0.29) is 11.9 Å². The number of benzene rings is 1. The van der Waals surface area contributed by atoms with Crippen LogP contribution in [0.4, 0.5) is 10.1 Å². The molecule has 3 rings (SSSR count). The third kappa shape index (κ3) is 2.29. The van der Waals surface area contributed by atoms with Crippen molar-refractivity contribution in [3.63, 3.8) is 0 Å². The zero-order chi connectivity index (χ0) is 12.7. The molecular weight excluding hydrogens is 337 g/mol. The summed E-state index contributed by atoms with van der Waals surface area (Å²) >= 11 is 10.8. The maximum absolute atomic E-state index is 13.4. The predicted molar refractivity (Wildman–Crippen MR) is 78.1 cm³/mol. The van der Waals surface area contributed by atoms with E-state index < -0.39 is 0 Å². The second-order valence-electron chi connectivity index (χ2n) is 4.29. The highest BCUT2D eigenvalue weighted by Crippen LogP contribution is 2.41. The topological polar surface area (TPSA) is 12.0 Å². The van der Waals surface area contributed by atoms with E-state index in [2.05, 4.69) is 21.2 Å². The summed E-state index contributed by atoms with van der Waals surface area (Å²) in [5.74, 6) is -0.249. The van der Waals surface area contributed by atoms with Crippen molar-refractivity contribution in [2.45, 2.75) is 18.9 Å². The van der Waals surface area contributed by atoms with Gasteiger partial charge in [0.15, 0.2) is 0 Å². The first kappa shape index (κ1) is 12.5. The third-order valence-corrected chi connectivity index (χ3v) is 5.09. The molecule has 1 heterocycles. The largest absolute Gasteiger partial charge is 0.378 e. The van der Waals surface area contributed by atoms with Crippen LogP contribution < -0.4 is 5.32 Å². The number of thiophene rings is 1. The van der Waals surface area contributed by atoms with Gasteiger partial charge in [0.1, 0.15) is 5.82 Å². The summed E-state index contributed by atoms with van der Waals surface area (Å²) in [5.41, 5.74) is 2.06. The molecule has 0 fully saturated rings. The van der Waals surface area contributed by atoms with Gasteiger partial charge in [0.05, 0.1) is 14.9 Å². The van der Waals surface area contributed by atoms with Gasteiger partial charge in [-0.15, -0.1) is 11.3 Å². The molecule has 1 nitrogen and oxygen atoms in total. The Morgan fingerprint density at radius 1 is 1.39 bits per heavy atom. The number of aryl methyl sites for hydroxylation is 1. The van der Waals surface area contributed by atoms with Crippen molar-refractivity contribution in [3.8, 4) is 0 Å². The molecule has 1 aliphatic rings. The molecular formula is C13H10BrClFNS. The van der Waals surface area contributed by atoms with E-state index in [1.807, 2.05) is 12.1 Å². The van der Waals surface area contributed by atoms with Gasteiger partial charge >= 0.3 is 0 Å². The molecule has 1 aromatic carbocycles. The molecule has 1 aliphatic carbocycles. The quantitative estimate of drug-likeness (QED) is 0.767. The van der Waals surface area contributed by atoms with Gasteiger partial charge in [0, 0.05) is 10.6 Å². The maximum atomic E-state index is 13.4. The molecule has 0 bridgehead atoms. The van der Waals surface area contributed by atoms with Gasteiger partial charge in [-0.1, -0.05) is 11.6 Å². The zero-order valence-corrected chi connectivity index (χ0v) is 12.5. The molecule has 1 aromatic heterocycles. The molecule has 0 saturated carbocycles. The van der Waals surface area contributed by atoms with Crippen molar-refractivity contribution < 1.29 is 4.39 Å². The Balaban J connectivity index is 1.83. The Kier molecular flexibility index (Phi) is 3.34. The van der Waals surface area contributed by atoms with Crippen LogP contribution in [-0.2, 0) is 6.42 Å². The first-order valence-corrected chi connectivity index (χ1v) is 7.62. The molecule has 0 saturated heterocycles. The van der Waals surface area contributed by atoms with Gasteiger partial charge in [-0.25, -0.2) is 4.39 Å². The summed E-state index contributed by atoms with van der Waals surface area (Å²) < 4.78 is 14.8. The van der Waals surface area contributed by atoms with Gasteiger partial charge in [-0.3, -0.25) is 0 Å². The van der Waals surface area contributed by atoms with Gasteiger partial charge in [-0.2, -0.15) is 0 Å². The lowest BCUT2D eigenvalue weighted by Crippen LogP contribution is -2.06. The molecule has 1 unspecified atom stereocenters. The fourth-order valence-electron chi connectivity index (χ4n) is 2.27. The monoisotopic (exact) mass is 345 g/mol. The van der Waals surface area contributed by atoms with Crippen LogP contribution in [0.5, 0.6) is 0 Å². The van der Waals surface area contributed by atoms with Crippen LogP contribution in [0.15, 0.2) is 28.7 Å². The molecule has 0 radical (unpaired) electrons. The summed E-state index contributed by atoms with van der Waals surface area (Å²) in [6.07, 6.45) is 2.08. The Morgan fingerprint density at radius 3 is 3.00 bits per heavy atom. The van der Waals surface area contributed by atoms with E-state index in [0.29, 0.717) is 4.47 Å². The first-order valence-electron chi connectivity index (χ1n) is 5.63. The Hall–Kier alpha value is -0.580. The summed E-state index contributed by atoms with van der Waals surface area (Å²) in [4.78, 5) is 1.34. The average Bonchev–Trinajstić information content (AvgIpc) is 2.85. The highest BCUT2D eigenvalue weighted by molar-refractivity contribution is 9.10. The van der Waals surface area contributed by atoms with Crippen LogP contribution in [-0.4, -0.2) is 0 Å². The van der Waals surface area contributed by atoms with Gasteiger partial charge in [0.2, 0.25) is 0 Å². The number of fused-ring (bicyclic) bond motifs is 1. The number of nitrogens with one attached hydrogen (secondary N) is 1. The maximum Gasteiger partial charge on any atom is 0.139 e. The lowest BCUT2D eigenvalue weighted by molar-refractivity contribution is 0.621. The van der Waals surface area contributed by atoms with Crippen molar-refractivity contribution in [1.29, 1.82) is 0 Å². The SMILES string of the molecule is Fc1cc(NC2CCc3sc(Cl)cc32)ccc1Br. The lowest BCUT2D eigenvalue weighted by Gasteiger charge is -2.14. The minimum Gasteiger partial charge on any atom is -0.378 e. The number of halogens is 3. The highest BCUT2D eigenvalue weighted by Gasteiger charge is 2.25. The molecule has 94 valence electrons. The minimum absolute atomic E-state index is 0.240. The Morgan fingerprint density at radius 2 is 2.22 bits per heavy atom. The molecule has 1 N–H and O–H groups in total. The fraction of sp³-hybridized carbons (Fsp3) is 0.231. The van der Waals surface area contributed by atoms with Crippen molar-refractivity contribution in [1.82, 2.24) is 0 Å². The highest BCUT2D eigenvalue weighted by atomic mass is 79.9. The Bertz CT molecular complexity index is 599. The van der Waals surface area contributed by atoms with Gasteiger partial charge in [-0.05, 0) is 58.6 Å². The van der Waals surface area contributed by atoms with Crippen LogP contribution in [0.25, 0.3) is 0 Å². The third-order valence-electron chi connectivity index (χ3n) is 3.11. The zero-order valence-electron chi connectivity index (χ0n) is 9.34. The predicted octanol–water partition coefficient (Wildman–Crippen LogP) is 5.40. The van der Waals surface area contributed by atoms with E-state index in [0.717, 1.165) is 22.9 Å². The van der Waals surface area contributed by atoms with Crippen LogP contribution in [0.1, 0.15) is 22.9 Å². The molecule has 0 spiro atoms. The smallest absolute Gasteiger partial charge is 0.139 e. The summed E-state index contributed by atoms with van der Waals surface area (Å²) in [6, 6.07) is 7.36. The standard InChI is InChI=1S/C13H10BrClFNS/c14-9-2-1-7(5-10(9)16)17-11-3-4-12-8(11)6-13(15)18-12/h1-2,5-6,11,17H,3-4H2. The normalized spacial score (nSPS) is 17.8. The first-order chi connectivity index (χ1) is 8.63. The molecule has 5 heteroatoms. The van der Waals surface area contributed by atoms with E-state index >= 15 is 0 Å². The average molecular weight is 347 g/mol. The number of rotatable bonds is 2. The summed E-state index contributed by atoms with van der Waals surface area (Å²) in [5, 5.41) is 3.37. The van der Waals surface area contributed by atoms with Crippen LogP contribution >= 0.6 is 38.9 Å². The van der Waals surface area contributed by atoms with Crippen molar-refractivity contribution in [2.75, 3.05) is 5.32 Å². The Labute approximate surface area is 122 Å². The van der Waals surface area contributed by atoms with Crippen LogP contribution in [0.3, 0.4) is 0 Å². The van der Waals surface area contributed by atoms with E-state index in [1.54, 1.807) is 17.4 Å². The number of hydrogen-bond donors (Lipinski definition) is 1. The molecule has 0 amide bonds. The molecule has 2 aromatic rings. The lowest BCUT2D eigenvalue weighted by atomic mass is 10.1. The second-order valence-corrected chi connectivity index (χ2v) is 6.92. The van der Waals surface area contributed by atoms with Crippen molar-refractivity contribution >= 4 is 44.6 Å². The molecule has 0 aliphatic heterocycles. The van der Waals surface area contributed by atoms with E-state index in [4.69, 9.17) is 11.6 Å². The van der Waals surface area contributed by atoms with E-state index in [1.165, 1.54) is 16.5 Å². The van der Waals surface area contributed by atoms with Crippen LogP contribution in [0, 0.1) is 5.82 Å². The van der Waals surface area contributed by atoms with Crippen molar-refractivity contribution in [2.24, 2.45) is 0 Å². The molecule has 1 atom stereocenters. The van der Waals surface area contributed by atoms with Crippen molar-refractivity contribution in [3.05, 3.63) is 49.3 Å². The minimum atomic E-state index is -0.249.